The number of hydrogen-bond acceptors (Lipinski definition) is 3. The third-order valence-electron chi connectivity index (χ3n) is 4.23. The maximum Gasteiger partial charge on any atom is 0.338 e. The summed E-state index contributed by atoms with van der Waals surface area (Å²) in [7, 11) is 0. The molecule has 0 saturated carbocycles. The van der Waals surface area contributed by atoms with Crippen LogP contribution >= 0.6 is 0 Å². The molecule has 0 saturated heterocycles. The number of esters is 1. The van der Waals surface area contributed by atoms with Crippen LogP contribution in [0.15, 0.2) is 42.5 Å². The smallest absolute Gasteiger partial charge is 0.338 e. The summed E-state index contributed by atoms with van der Waals surface area (Å²) in [5.41, 5.74) is 3.39. The molecule has 1 aliphatic rings. The first-order valence-corrected chi connectivity index (χ1v) is 7.42. The van der Waals surface area contributed by atoms with Crippen LogP contribution in [0.5, 0.6) is 0 Å². The van der Waals surface area contributed by atoms with Gasteiger partial charge in [0.05, 0.1) is 17.6 Å². The van der Waals surface area contributed by atoms with Crippen LogP contribution in [0.1, 0.15) is 47.1 Å². The van der Waals surface area contributed by atoms with Crippen LogP contribution in [0.25, 0.3) is 11.1 Å². The van der Waals surface area contributed by atoms with E-state index in [9.17, 15) is 9.59 Å². The van der Waals surface area contributed by atoms with E-state index in [0.29, 0.717) is 17.7 Å². The molecule has 3 nitrogen and oxygen atoms in total. The maximum absolute atomic E-state index is 12.7. The second kappa shape index (κ2) is 5.09. The normalized spacial score (nSPS) is 15.0. The van der Waals surface area contributed by atoms with Crippen LogP contribution in [0.3, 0.4) is 0 Å². The van der Waals surface area contributed by atoms with Gasteiger partial charge in [0, 0.05) is 5.56 Å². The zero-order valence-electron chi connectivity index (χ0n) is 13.0. The summed E-state index contributed by atoms with van der Waals surface area (Å²) in [4.78, 5) is 24.7. The molecule has 0 spiro atoms. The van der Waals surface area contributed by atoms with Crippen molar-refractivity contribution in [1.29, 1.82) is 0 Å². The molecule has 22 heavy (non-hydrogen) atoms. The van der Waals surface area contributed by atoms with E-state index in [0.717, 1.165) is 16.7 Å². The van der Waals surface area contributed by atoms with E-state index in [1.165, 1.54) is 0 Å². The Morgan fingerprint density at radius 1 is 1.05 bits per heavy atom. The average molecular weight is 294 g/mol. The van der Waals surface area contributed by atoms with Gasteiger partial charge in [-0.25, -0.2) is 4.79 Å². The second-order valence-corrected chi connectivity index (χ2v) is 5.98. The van der Waals surface area contributed by atoms with Crippen molar-refractivity contribution in [3.63, 3.8) is 0 Å². The van der Waals surface area contributed by atoms with Gasteiger partial charge in [0.1, 0.15) is 0 Å². The van der Waals surface area contributed by atoms with Crippen molar-refractivity contribution < 1.29 is 14.3 Å². The summed E-state index contributed by atoms with van der Waals surface area (Å²) >= 11 is 0. The van der Waals surface area contributed by atoms with Crippen LogP contribution in [0, 0.1) is 0 Å². The average Bonchev–Trinajstić information content (AvgIpc) is 2.53. The number of ether oxygens (including phenoxy) is 1. The number of benzene rings is 2. The fourth-order valence-electron chi connectivity index (χ4n) is 3.03. The van der Waals surface area contributed by atoms with Crippen LogP contribution in [-0.4, -0.2) is 18.4 Å². The number of carbonyl (C=O) groups excluding carboxylic acids is 2. The van der Waals surface area contributed by atoms with Crippen molar-refractivity contribution in [2.24, 2.45) is 0 Å². The molecule has 0 N–H and O–H groups in total. The molecule has 0 amide bonds. The van der Waals surface area contributed by atoms with Crippen molar-refractivity contribution in [3.8, 4) is 11.1 Å². The van der Waals surface area contributed by atoms with Crippen molar-refractivity contribution in [2.45, 2.75) is 26.2 Å². The molecule has 0 unspecified atom stereocenters. The van der Waals surface area contributed by atoms with Crippen LogP contribution in [0.4, 0.5) is 0 Å². The number of ketones is 1. The molecular formula is C19H18O3. The molecule has 3 heteroatoms. The summed E-state index contributed by atoms with van der Waals surface area (Å²) in [6.45, 7) is 5.98. The van der Waals surface area contributed by atoms with Crippen LogP contribution < -0.4 is 0 Å². The Balaban J connectivity index is 2.23. The van der Waals surface area contributed by atoms with Crippen LogP contribution in [-0.2, 0) is 10.2 Å². The molecule has 112 valence electrons. The largest absolute Gasteiger partial charge is 0.462 e. The van der Waals surface area contributed by atoms with E-state index in [4.69, 9.17) is 4.74 Å². The molecule has 0 radical (unpaired) electrons. The Bertz CT molecular complexity index is 772. The SMILES string of the molecule is CCOC(=O)c1ccc2c(c1)-c1ccccc1C(=O)C2(C)C. The molecule has 0 fully saturated rings. The van der Waals surface area contributed by atoms with E-state index in [2.05, 4.69) is 0 Å². The Labute approximate surface area is 129 Å². The quantitative estimate of drug-likeness (QED) is 0.786. The zero-order chi connectivity index (χ0) is 15.9. The Kier molecular flexibility index (Phi) is 3.36. The van der Waals surface area contributed by atoms with Gasteiger partial charge in [0.25, 0.3) is 0 Å². The van der Waals surface area contributed by atoms with Gasteiger partial charge in [-0.05, 0) is 49.6 Å². The first-order chi connectivity index (χ1) is 10.5. The van der Waals surface area contributed by atoms with Gasteiger partial charge in [-0.15, -0.1) is 0 Å². The fraction of sp³-hybridized carbons (Fsp3) is 0.263. The molecular weight excluding hydrogens is 276 g/mol. The van der Waals surface area contributed by atoms with E-state index in [-0.39, 0.29) is 11.8 Å². The van der Waals surface area contributed by atoms with Gasteiger partial charge >= 0.3 is 5.97 Å². The van der Waals surface area contributed by atoms with E-state index < -0.39 is 5.41 Å². The molecule has 0 bridgehead atoms. The number of hydrogen-bond donors (Lipinski definition) is 0. The molecule has 0 aliphatic heterocycles. The summed E-state index contributed by atoms with van der Waals surface area (Å²) in [5.74, 6) is -0.225. The predicted molar refractivity (Wildman–Crippen MR) is 85.2 cm³/mol. The second-order valence-electron chi connectivity index (χ2n) is 5.98. The molecule has 3 rings (SSSR count). The van der Waals surface area contributed by atoms with E-state index >= 15 is 0 Å². The molecule has 0 aromatic heterocycles. The Morgan fingerprint density at radius 2 is 1.73 bits per heavy atom. The lowest BCUT2D eigenvalue weighted by molar-refractivity contribution is 0.0526. The van der Waals surface area contributed by atoms with E-state index in [1.807, 2.05) is 50.2 Å². The van der Waals surface area contributed by atoms with Gasteiger partial charge in [-0.2, -0.15) is 0 Å². The molecule has 0 heterocycles. The first-order valence-electron chi connectivity index (χ1n) is 7.42. The fourth-order valence-corrected chi connectivity index (χ4v) is 3.03. The monoisotopic (exact) mass is 294 g/mol. The highest BCUT2D eigenvalue weighted by Gasteiger charge is 2.38. The van der Waals surface area contributed by atoms with Crippen molar-refractivity contribution in [3.05, 3.63) is 59.2 Å². The van der Waals surface area contributed by atoms with Gasteiger partial charge in [-0.3, -0.25) is 4.79 Å². The topological polar surface area (TPSA) is 43.4 Å². The third kappa shape index (κ3) is 2.05. The first kappa shape index (κ1) is 14.5. The van der Waals surface area contributed by atoms with Crippen LogP contribution in [0.2, 0.25) is 0 Å². The summed E-state index contributed by atoms with van der Waals surface area (Å²) in [5, 5.41) is 0. The standard InChI is InChI=1S/C19H18O3/c1-4-22-18(21)12-9-10-16-15(11-12)13-7-5-6-8-14(13)17(20)19(16,2)3/h5-11H,4H2,1-3H3. The highest BCUT2D eigenvalue weighted by atomic mass is 16.5. The maximum atomic E-state index is 12.7. The predicted octanol–water partition coefficient (Wildman–Crippen LogP) is 4.00. The number of carbonyl (C=O) groups is 2. The highest BCUT2D eigenvalue weighted by Crippen LogP contribution is 2.43. The number of rotatable bonds is 2. The molecule has 2 aromatic rings. The van der Waals surface area contributed by atoms with Crippen molar-refractivity contribution in [2.75, 3.05) is 6.61 Å². The highest BCUT2D eigenvalue weighted by molar-refractivity contribution is 6.12. The third-order valence-corrected chi connectivity index (χ3v) is 4.23. The van der Waals surface area contributed by atoms with Crippen molar-refractivity contribution >= 4 is 11.8 Å². The Hall–Kier alpha value is -2.42. The summed E-state index contributed by atoms with van der Waals surface area (Å²) in [6, 6.07) is 13.0. The van der Waals surface area contributed by atoms with Gasteiger partial charge in [0.2, 0.25) is 0 Å². The van der Waals surface area contributed by atoms with Gasteiger partial charge < -0.3 is 4.74 Å². The van der Waals surface area contributed by atoms with Crippen molar-refractivity contribution in [1.82, 2.24) is 0 Å². The number of fused-ring (bicyclic) bond motifs is 3. The van der Waals surface area contributed by atoms with Gasteiger partial charge in [0.15, 0.2) is 5.78 Å². The minimum atomic E-state index is -0.600. The van der Waals surface area contributed by atoms with Gasteiger partial charge in [-0.1, -0.05) is 30.3 Å². The lowest BCUT2D eigenvalue weighted by Crippen LogP contribution is -2.33. The lowest BCUT2D eigenvalue weighted by atomic mass is 9.69. The lowest BCUT2D eigenvalue weighted by Gasteiger charge is -2.32. The summed E-state index contributed by atoms with van der Waals surface area (Å²) < 4.78 is 5.07. The number of Topliss-reactive ketones (excluding diaryl/α,β-unsaturated/α-hetero) is 1. The van der Waals surface area contributed by atoms with E-state index in [1.54, 1.807) is 13.0 Å². The Morgan fingerprint density at radius 3 is 2.41 bits per heavy atom. The molecule has 1 aliphatic carbocycles. The molecule has 0 atom stereocenters. The minimum Gasteiger partial charge on any atom is -0.462 e. The minimum absolute atomic E-state index is 0.111. The molecule has 2 aromatic carbocycles. The zero-order valence-corrected chi connectivity index (χ0v) is 13.0. The summed E-state index contributed by atoms with van der Waals surface area (Å²) in [6.07, 6.45) is 0.